The minimum atomic E-state index is -3.53. The van der Waals surface area contributed by atoms with Crippen LogP contribution in [-0.2, 0) is 20.4 Å². The van der Waals surface area contributed by atoms with Crippen molar-refractivity contribution in [2.75, 3.05) is 10.6 Å². The van der Waals surface area contributed by atoms with Gasteiger partial charge in [0.15, 0.2) is 9.84 Å². The number of amides is 2. The first-order valence-corrected chi connectivity index (χ1v) is 11.4. The molecule has 0 unspecified atom stereocenters. The summed E-state index contributed by atoms with van der Waals surface area (Å²) in [6, 6.07) is 19.7. The molecule has 0 heterocycles. The number of nitrogens with one attached hydrogen (secondary N) is 2. The van der Waals surface area contributed by atoms with Gasteiger partial charge in [-0.2, -0.15) is 0 Å². The number of benzene rings is 3. The van der Waals surface area contributed by atoms with E-state index in [9.17, 15) is 18.0 Å². The summed E-state index contributed by atoms with van der Waals surface area (Å²) < 4.78 is 26.0. The maximum absolute atomic E-state index is 12.8. The fourth-order valence-corrected chi connectivity index (χ4v) is 4.56. The van der Waals surface area contributed by atoms with Crippen LogP contribution < -0.4 is 10.6 Å². The van der Waals surface area contributed by atoms with Crippen molar-refractivity contribution in [1.29, 1.82) is 0 Å². The Balaban J connectivity index is 1.82. The number of hydrogen-bond acceptors (Lipinski definition) is 4. The molecule has 0 aliphatic carbocycles. The molecule has 30 heavy (non-hydrogen) atoms. The van der Waals surface area contributed by atoms with Gasteiger partial charge in [-0.3, -0.25) is 9.59 Å². The average molecular weight is 487 g/mol. The summed E-state index contributed by atoms with van der Waals surface area (Å²) in [6.45, 7) is 1.38. The highest BCUT2D eigenvalue weighted by atomic mass is 79.9. The summed E-state index contributed by atoms with van der Waals surface area (Å²) in [5.41, 5.74) is 1.70. The minimum absolute atomic E-state index is 0.216. The topological polar surface area (TPSA) is 92.3 Å². The molecular formula is C22H19BrN2O4S. The van der Waals surface area contributed by atoms with Crippen LogP contribution in [0.1, 0.15) is 22.8 Å². The van der Waals surface area contributed by atoms with Crippen LogP contribution in [0.3, 0.4) is 0 Å². The molecule has 0 spiro atoms. The molecule has 0 fully saturated rings. The summed E-state index contributed by atoms with van der Waals surface area (Å²) in [5, 5.41) is 5.43. The molecule has 0 radical (unpaired) electrons. The molecule has 2 amide bonds. The van der Waals surface area contributed by atoms with Crippen LogP contribution in [0.4, 0.5) is 11.4 Å². The van der Waals surface area contributed by atoms with Crippen LogP contribution in [0.5, 0.6) is 0 Å². The Morgan fingerprint density at radius 2 is 1.60 bits per heavy atom. The first-order chi connectivity index (χ1) is 14.2. The van der Waals surface area contributed by atoms with E-state index in [4.69, 9.17) is 0 Å². The molecule has 0 aliphatic rings. The van der Waals surface area contributed by atoms with Crippen molar-refractivity contribution in [3.63, 3.8) is 0 Å². The van der Waals surface area contributed by atoms with E-state index >= 15 is 0 Å². The maximum Gasteiger partial charge on any atom is 0.255 e. The summed E-state index contributed by atoms with van der Waals surface area (Å²) in [7, 11) is -3.53. The smallest absolute Gasteiger partial charge is 0.255 e. The van der Waals surface area contributed by atoms with Gasteiger partial charge in [0.25, 0.3) is 5.91 Å². The Kier molecular flexibility index (Phi) is 6.69. The second-order valence-corrected chi connectivity index (χ2v) is 9.50. The van der Waals surface area contributed by atoms with Crippen LogP contribution in [0, 0.1) is 0 Å². The third-order valence-corrected chi connectivity index (χ3v) is 6.39. The average Bonchev–Trinajstić information content (AvgIpc) is 2.70. The first kappa shape index (κ1) is 21.7. The molecule has 3 aromatic rings. The van der Waals surface area contributed by atoms with Crippen LogP contribution in [0.15, 0.2) is 82.2 Å². The lowest BCUT2D eigenvalue weighted by Gasteiger charge is -2.13. The fourth-order valence-electron chi connectivity index (χ4n) is 2.85. The second-order valence-electron chi connectivity index (χ2n) is 6.60. The van der Waals surface area contributed by atoms with Gasteiger partial charge in [-0.1, -0.05) is 46.3 Å². The van der Waals surface area contributed by atoms with Crippen LogP contribution in [0.2, 0.25) is 0 Å². The second kappa shape index (κ2) is 9.23. The summed E-state index contributed by atoms with van der Waals surface area (Å²) in [4.78, 5) is 24.4. The molecule has 3 rings (SSSR count). The Labute approximate surface area is 183 Å². The Morgan fingerprint density at radius 3 is 2.30 bits per heavy atom. The largest absolute Gasteiger partial charge is 0.325 e. The lowest BCUT2D eigenvalue weighted by Crippen LogP contribution is -2.15. The molecule has 154 valence electrons. The highest BCUT2D eigenvalue weighted by Crippen LogP contribution is 2.27. The molecule has 8 heteroatoms. The Hall–Kier alpha value is -2.97. The van der Waals surface area contributed by atoms with Crippen molar-refractivity contribution in [1.82, 2.24) is 0 Å². The van der Waals surface area contributed by atoms with Crippen molar-refractivity contribution < 1.29 is 18.0 Å². The van der Waals surface area contributed by atoms with Gasteiger partial charge in [0, 0.05) is 17.0 Å². The summed E-state index contributed by atoms with van der Waals surface area (Å²) >= 11 is 3.34. The highest BCUT2D eigenvalue weighted by molar-refractivity contribution is 9.10. The molecule has 0 saturated carbocycles. The quantitative estimate of drug-likeness (QED) is 0.530. The molecule has 3 aromatic carbocycles. The molecule has 0 bridgehead atoms. The van der Waals surface area contributed by atoms with Crippen molar-refractivity contribution >= 4 is 49.0 Å². The van der Waals surface area contributed by atoms with Gasteiger partial charge in [-0.05, 0) is 48.0 Å². The van der Waals surface area contributed by atoms with E-state index in [1.54, 1.807) is 72.8 Å². The summed E-state index contributed by atoms with van der Waals surface area (Å²) in [6.07, 6.45) is 0. The molecule has 2 N–H and O–H groups in total. The van der Waals surface area contributed by atoms with E-state index in [1.165, 1.54) is 6.92 Å². The number of carbonyl (C=O) groups is 2. The molecule has 0 saturated heterocycles. The van der Waals surface area contributed by atoms with E-state index in [2.05, 4.69) is 26.6 Å². The van der Waals surface area contributed by atoms with Crippen molar-refractivity contribution in [3.05, 3.63) is 88.4 Å². The van der Waals surface area contributed by atoms with Gasteiger partial charge in [0.2, 0.25) is 5.91 Å². The van der Waals surface area contributed by atoms with Crippen LogP contribution in [0.25, 0.3) is 0 Å². The van der Waals surface area contributed by atoms with Gasteiger partial charge in [-0.15, -0.1) is 0 Å². The zero-order valence-corrected chi connectivity index (χ0v) is 18.5. The van der Waals surface area contributed by atoms with E-state index in [0.29, 0.717) is 22.5 Å². The van der Waals surface area contributed by atoms with E-state index in [1.807, 2.05) is 0 Å². The first-order valence-electron chi connectivity index (χ1n) is 9.00. The maximum atomic E-state index is 12.8. The van der Waals surface area contributed by atoms with E-state index in [-0.39, 0.29) is 16.6 Å². The number of hydrogen-bond donors (Lipinski definition) is 2. The van der Waals surface area contributed by atoms with E-state index in [0.717, 1.165) is 4.47 Å². The highest BCUT2D eigenvalue weighted by Gasteiger charge is 2.17. The minimum Gasteiger partial charge on any atom is -0.325 e. The SMILES string of the molecule is CC(=O)Nc1ccc(Br)cc1NC(=O)c1cccc(CS(=O)(=O)c2ccccc2)c1. The van der Waals surface area contributed by atoms with Gasteiger partial charge in [0.05, 0.1) is 22.0 Å². The number of carbonyl (C=O) groups excluding carboxylic acids is 2. The number of anilines is 2. The number of rotatable bonds is 6. The summed E-state index contributed by atoms with van der Waals surface area (Å²) in [5.74, 6) is -0.897. The van der Waals surface area contributed by atoms with Crippen LogP contribution in [-0.4, -0.2) is 20.2 Å². The normalized spacial score (nSPS) is 11.0. The zero-order chi connectivity index (χ0) is 21.7. The fraction of sp³-hybridized carbons (Fsp3) is 0.0909. The lowest BCUT2D eigenvalue weighted by atomic mass is 10.1. The van der Waals surface area contributed by atoms with Crippen LogP contribution >= 0.6 is 15.9 Å². The van der Waals surface area contributed by atoms with Crippen molar-refractivity contribution in [2.45, 2.75) is 17.6 Å². The number of halogens is 1. The van der Waals surface area contributed by atoms with Gasteiger partial charge >= 0.3 is 0 Å². The lowest BCUT2D eigenvalue weighted by molar-refractivity contribution is -0.114. The third kappa shape index (κ3) is 5.55. The van der Waals surface area contributed by atoms with E-state index < -0.39 is 15.7 Å². The Bertz CT molecular complexity index is 1190. The van der Waals surface area contributed by atoms with Crippen molar-refractivity contribution in [3.8, 4) is 0 Å². The molecule has 0 atom stereocenters. The van der Waals surface area contributed by atoms with Gasteiger partial charge in [-0.25, -0.2) is 8.42 Å². The predicted octanol–water partition coefficient (Wildman–Crippen LogP) is 4.63. The zero-order valence-electron chi connectivity index (χ0n) is 16.1. The molecule has 6 nitrogen and oxygen atoms in total. The molecular weight excluding hydrogens is 468 g/mol. The predicted molar refractivity (Wildman–Crippen MR) is 120 cm³/mol. The molecule has 0 aliphatic heterocycles. The Morgan fingerprint density at radius 1 is 0.867 bits per heavy atom. The van der Waals surface area contributed by atoms with Crippen molar-refractivity contribution in [2.24, 2.45) is 0 Å². The third-order valence-electron chi connectivity index (χ3n) is 4.19. The van der Waals surface area contributed by atoms with Gasteiger partial charge < -0.3 is 10.6 Å². The number of sulfone groups is 1. The van der Waals surface area contributed by atoms with Gasteiger partial charge in [0.1, 0.15) is 0 Å². The molecule has 0 aromatic heterocycles. The monoisotopic (exact) mass is 486 g/mol. The standard InChI is InChI=1S/C22H19BrN2O4S/c1-15(26)24-20-11-10-18(23)13-21(20)25-22(27)17-7-5-6-16(12-17)14-30(28,29)19-8-3-2-4-9-19/h2-13H,14H2,1H3,(H,24,26)(H,25,27).